The molecule has 1 atom stereocenters. The van der Waals surface area contributed by atoms with E-state index in [1.807, 2.05) is 46.2 Å². The van der Waals surface area contributed by atoms with Gasteiger partial charge in [-0.15, -0.1) is 0 Å². The van der Waals surface area contributed by atoms with Gasteiger partial charge in [0.2, 0.25) is 0 Å². The number of nitrogens with zero attached hydrogens (tertiary/aromatic N) is 3. The Balaban J connectivity index is 1.24. The number of carbonyl (C=O) groups is 1. The number of aliphatic carboxylic acids is 1. The van der Waals surface area contributed by atoms with Crippen molar-refractivity contribution in [1.29, 1.82) is 0 Å². The van der Waals surface area contributed by atoms with Gasteiger partial charge in [0.15, 0.2) is 0 Å². The lowest BCUT2D eigenvalue weighted by Gasteiger charge is -2.60. The molecule has 3 aliphatic rings. The Morgan fingerprint density at radius 3 is 2.36 bits per heavy atom. The molecular weight excluding hydrogens is 550 g/mol. The van der Waals surface area contributed by atoms with Crippen LogP contribution in [0, 0.1) is 17.0 Å². The summed E-state index contributed by atoms with van der Waals surface area (Å²) in [5, 5.41) is 8.97. The summed E-state index contributed by atoms with van der Waals surface area (Å²) in [7, 11) is 0. The van der Waals surface area contributed by atoms with Gasteiger partial charge in [0.05, 0.1) is 19.1 Å². The predicted octanol–water partition coefficient (Wildman–Crippen LogP) is 5.35. The standard InChI is InChI=1S/C32H33F4N3O3/c1-31(35,36)16-38-10-9-22-11-24(42-15-21-5-3-2-4-6-21)7-8-25(22)30(38)29-26(33)12-23(13-27(29)34)39-19-32(20-39)17-37(18-32)14-28(40)41/h2-8,11-13,30H,9-10,14-20H2,1H3,(H,40,41). The Hall–Kier alpha value is -3.63. The Labute approximate surface area is 242 Å². The van der Waals surface area contributed by atoms with E-state index in [1.54, 1.807) is 12.1 Å². The zero-order chi connectivity index (χ0) is 29.6. The number of anilines is 1. The molecule has 0 radical (unpaired) electrons. The minimum atomic E-state index is -3.05. The number of fused-ring (bicyclic) bond motifs is 1. The topological polar surface area (TPSA) is 56.2 Å². The van der Waals surface area contributed by atoms with Crippen LogP contribution >= 0.6 is 0 Å². The van der Waals surface area contributed by atoms with Gasteiger partial charge in [-0.2, -0.15) is 0 Å². The van der Waals surface area contributed by atoms with E-state index in [0.717, 1.165) is 18.1 Å². The highest BCUT2D eigenvalue weighted by atomic mass is 19.3. The van der Waals surface area contributed by atoms with Crippen LogP contribution in [0.4, 0.5) is 23.2 Å². The minimum Gasteiger partial charge on any atom is -0.489 e. The lowest BCUT2D eigenvalue weighted by Crippen LogP contribution is -2.72. The van der Waals surface area contributed by atoms with Crippen LogP contribution in [0.5, 0.6) is 5.75 Å². The van der Waals surface area contributed by atoms with Crippen LogP contribution in [0.25, 0.3) is 0 Å². The van der Waals surface area contributed by atoms with Crippen molar-refractivity contribution in [3.63, 3.8) is 0 Å². The fraction of sp³-hybridized carbons (Fsp3) is 0.406. The third kappa shape index (κ3) is 5.83. The average molecular weight is 584 g/mol. The molecule has 1 unspecified atom stereocenters. The molecule has 1 N–H and O–H groups in total. The molecule has 3 aliphatic heterocycles. The number of carboxylic acids is 1. The van der Waals surface area contributed by atoms with Crippen molar-refractivity contribution < 1.29 is 32.2 Å². The highest BCUT2D eigenvalue weighted by Crippen LogP contribution is 2.44. The van der Waals surface area contributed by atoms with Gasteiger partial charge in [-0.25, -0.2) is 17.6 Å². The number of alkyl halides is 2. The fourth-order valence-corrected chi connectivity index (χ4v) is 6.72. The Morgan fingerprint density at radius 2 is 1.71 bits per heavy atom. The van der Waals surface area contributed by atoms with Gasteiger partial charge in [0.25, 0.3) is 5.92 Å². The lowest BCUT2D eigenvalue weighted by atomic mass is 9.72. The summed E-state index contributed by atoms with van der Waals surface area (Å²) in [5.74, 6) is -4.88. The van der Waals surface area contributed by atoms with Crippen molar-refractivity contribution in [2.75, 3.05) is 50.7 Å². The average Bonchev–Trinajstić information content (AvgIpc) is 2.88. The smallest absolute Gasteiger partial charge is 0.317 e. The van der Waals surface area contributed by atoms with Gasteiger partial charge in [0.1, 0.15) is 24.0 Å². The first-order valence-electron chi connectivity index (χ1n) is 14.1. The van der Waals surface area contributed by atoms with Gasteiger partial charge in [-0.3, -0.25) is 14.6 Å². The number of hydrogen-bond donors (Lipinski definition) is 1. The van der Waals surface area contributed by atoms with Crippen LogP contribution in [0.3, 0.4) is 0 Å². The van der Waals surface area contributed by atoms with E-state index in [4.69, 9.17) is 9.84 Å². The Bertz CT molecular complexity index is 1440. The number of halogens is 4. The Morgan fingerprint density at radius 1 is 1.02 bits per heavy atom. The molecule has 0 aromatic heterocycles. The fourth-order valence-electron chi connectivity index (χ4n) is 6.72. The number of rotatable bonds is 9. The van der Waals surface area contributed by atoms with Crippen LogP contribution in [0.2, 0.25) is 0 Å². The van der Waals surface area contributed by atoms with Crippen molar-refractivity contribution in [1.82, 2.24) is 9.80 Å². The molecule has 3 aromatic rings. The Kier molecular flexibility index (Phi) is 7.39. The summed E-state index contributed by atoms with van der Waals surface area (Å²) in [6.07, 6.45) is 0.445. The third-order valence-electron chi connectivity index (χ3n) is 8.40. The second-order valence-electron chi connectivity index (χ2n) is 12.0. The van der Waals surface area contributed by atoms with Crippen LogP contribution in [-0.4, -0.2) is 72.6 Å². The van der Waals surface area contributed by atoms with E-state index in [2.05, 4.69) is 0 Å². The second-order valence-corrected chi connectivity index (χ2v) is 12.0. The molecule has 222 valence electrons. The molecular formula is C32H33F4N3O3. The SMILES string of the molecule is CC(F)(F)CN1CCc2cc(OCc3ccccc3)ccc2C1c1c(F)cc(N2CC3(CN(CC(=O)O)C3)C2)cc1F. The summed E-state index contributed by atoms with van der Waals surface area (Å²) < 4.78 is 66.1. The molecule has 1 spiro atoms. The van der Waals surface area contributed by atoms with Gasteiger partial charge in [0, 0.05) is 56.3 Å². The van der Waals surface area contributed by atoms with E-state index in [-0.39, 0.29) is 24.1 Å². The van der Waals surface area contributed by atoms with Gasteiger partial charge >= 0.3 is 5.97 Å². The zero-order valence-corrected chi connectivity index (χ0v) is 23.3. The first-order chi connectivity index (χ1) is 20.0. The van der Waals surface area contributed by atoms with E-state index in [1.165, 1.54) is 17.0 Å². The molecule has 6 rings (SSSR count). The highest BCUT2D eigenvalue weighted by molar-refractivity contribution is 5.69. The molecule has 3 aromatic carbocycles. The van der Waals surface area contributed by atoms with Crippen LogP contribution in [0.1, 0.15) is 35.2 Å². The van der Waals surface area contributed by atoms with E-state index < -0.39 is 36.1 Å². The first kappa shape index (κ1) is 28.5. The molecule has 0 bridgehead atoms. The van der Waals surface area contributed by atoms with Gasteiger partial charge in [-0.1, -0.05) is 36.4 Å². The molecule has 3 heterocycles. The van der Waals surface area contributed by atoms with Crippen LogP contribution in [0.15, 0.2) is 60.7 Å². The third-order valence-corrected chi connectivity index (χ3v) is 8.40. The molecule has 42 heavy (non-hydrogen) atoms. The number of likely N-dealkylation sites (tertiary alicyclic amines) is 1. The normalized spacial score (nSPS) is 20.1. The second kappa shape index (κ2) is 10.9. The summed E-state index contributed by atoms with van der Waals surface area (Å²) in [6.45, 7) is 3.16. The van der Waals surface area contributed by atoms with Crippen molar-refractivity contribution in [2.45, 2.75) is 31.9 Å². The molecule has 2 saturated heterocycles. The summed E-state index contributed by atoms with van der Waals surface area (Å²) in [4.78, 5) is 16.1. The zero-order valence-electron chi connectivity index (χ0n) is 23.3. The molecule has 0 saturated carbocycles. The van der Waals surface area contributed by atoms with E-state index >= 15 is 8.78 Å². The van der Waals surface area contributed by atoms with Crippen molar-refractivity contribution in [3.8, 4) is 5.75 Å². The maximum atomic E-state index is 15.8. The van der Waals surface area contributed by atoms with Crippen molar-refractivity contribution in [2.24, 2.45) is 5.41 Å². The van der Waals surface area contributed by atoms with Gasteiger partial charge < -0.3 is 14.7 Å². The molecule has 6 nitrogen and oxygen atoms in total. The number of benzene rings is 3. The first-order valence-corrected chi connectivity index (χ1v) is 14.1. The van der Waals surface area contributed by atoms with Crippen molar-refractivity contribution >= 4 is 11.7 Å². The van der Waals surface area contributed by atoms with Crippen LogP contribution < -0.4 is 9.64 Å². The monoisotopic (exact) mass is 583 g/mol. The predicted molar refractivity (Wildman–Crippen MR) is 150 cm³/mol. The maximum Gasteiger partial charge on any atom is 0.317 e. The highest BCUT2D eigenvalue weighted by Gasteiger charge is 2.52. The van der Waals surface area contributed by atoms with Crippen molar-refractivity contribution in [3.05, 3.63) is 94.6 Å². The molecule has 2 fully saturated rings. The molecule has 0 aliphatic carbocycles. The van der Waals surface area contributed by atoms with E-state index in [0.29, 0.717) is 56.2 Å². The summed E-state index contributed by atoms with van der Waals surface area (Å²) >= 11 is 0. The summed E-state index contributed by atoms with van der Waals surface area (Å²) in [6, 6.07) is 16.5. The quantitative estimate of drug-likeness (QED) is 0.343. The maximum absolute atomic E-state index is 15.8. The molecule has 10 heteroatoms. The van der Waals surface area contributed by atoms with Gasteiger partial charge in [-0.05, 0) is 47.4 Å². The number of carboxylic acid groups (broad SMARTS) is 1. The van der Waals surface area contributed by atoms with E-state index in [9.17, 15) is 13.6 Å². The largest absolute Gasteiger partial charge is 0.489 e. The van der Waals surface area contributed by atoms with Crippen LogP contribution in [-0.2, 0) is 17.8 Å². The summed E-state index contributed by atoms with van der Waals surface area (Å²) in [5.41, 5.74) is 2.48. The number of hydrogen-bond acceptors (Lipinski definition) is 5. The molecule has 0 amide bonds. The lowest BCUT2D eigenvalue weighted by molar-refractivity contribution is -0.142. The minimum absolute atomic E-state index is 0.0173. The number of ether oxygens (including phenoxy) is 1.